The van der Waals surface area contributed by atoms with Gasteiger partial charge in [0.1, 0.15) is 0 Å². The third kappa shape index (κ3) is 2.89. The van der Waals surface area contributed by atoms with Crippen LogP contribution in [-0.2, 0) is 4.79 Å². The third-order valence-corrected chi connectivity index (χ3v) is 3.95. The van der Waals surface area contributed by atoms with Crippen molar-refractivity contribution in [3.63, 3.8) is 0 Å². The second-order valence-corrected chi connectivity index (χ2v) is 5.18. The van der Waals surface area contributed by atoms with E-state index in [-0.39, 0.29) is 5.91 Å². The van der Waals surface area contributed by atoms with Crippen LogP contribution in [0.25, 0.3) is 0 Å². The Morgan fingerprint density at radius 3 is 2.26 bits per heavy atom. The first kappa shape index (κ1) is 13.9. The maximum Gasteiger partial charge on any atom is 0.244 e. The van der Waals surface area contributed by atoms with Gasteiger partial charge in [-0.2, -0.15) is 0 Å². The van der Waals surface area contributed by atoms with Gasteiger partial charge in [-0.25, -0.2) is 0 Å². The van der Waals surface area contributed by atoms with Crippen LogP contribution in [0, 0.1) is 0 Å². The number of benzene rings is 1. The van der Waals surface area contributed by atoms with Crippen LogP contribution in [0.3, 0.4) is 0 Å². The summed E-state index contributed by atoms with van der Waals surface area (Å²) in [6.07, 6.45) is 2.62. The van der Waals surface area contributed by atoms with Crippen molar-refractivity contribution in [2.75, 3.05) is 23.3 Å². The fourth-order valence-corrected chi connectivity index (χ4v) is 2.38. The van der Waals surface area contributed by atoms with Gasteiger partial charge in [0, 0.05) is 24.5 Å². The van der Waals surface area contributed by atoms with Crippen LogP contribution in [0.2, 0.25) is 0 Å². The Kier molecular flexibility index (Phi) is 4.10. The van der Waals surface area contributed by atoms with Crippen molar-refractivity contribution in [1.82, 2.24) is 0 Å². The van der Waals surface area contributed by atoms with Crippen molar-refractivity contribution < 1.29 is 4.79 Å². The molecule has 1 aromatic carbocycles. The van der Waals surface area contributed by atoms with Gasteiger partial charge in [-0.05, 0) is 57.4 Å². The molecule has 1 aromatic rings. The molecule has 1 amide bonds. The highest BCUT2D eigenvalue weighted by Crippen LogP contribution is 2.30. The quantitative estimate of drug-likeness (QED) is 0.855. The van der Waals surface area contributed by atoms with Crippen molar-refractivity contribution in [2.45, 2.75) is 38.6 Å². The summed E-state index contributed by atoms with van der Waals surface area (Å²) < 4.78 is 0. The predicted molar refractivity (Wildman–Crippen MR) is 79.4 cm³/mol. The van der Waals surface area contributed by atoms with E-state index in [0.717, 1.165) is 38.0 Å². The van der Waals surface area contributed by atoms with Gasteiger partial charge in [0.15, 0.2) is 0 Å². The molecule has 2 rings (SSSR count). The van der Waals surface area contributed by atoms with Crippen molar-refractivity contribution in [1.29, 1.82) is 0 Å². The standard InChI is InChI=1S/C15H23N3O/c1-3-18(4-2)13-8-6-12(7-9-13)17-14(19)15(16)10-5-11-15/h6-9H,3-5,10-11,16H2,1-2H3,(H,17,19). The molecule has 0 atom stereocenters. The summed E-state index contributed by atoms with van der Waals surface area (Å²) in [5.74, 6) is -0.0608. The molecule has 4 nitrogen and oxygen atoms in total. The molecule has 0 heterocycles. The average Bonchev–Trinajstić information content (AvgIpc) is 2.39. The molecule has 0 aromatic heterocycles. The van der Waals surface area contributed by atoms with Gasteiger partial charge in [-0.1, -0.05) is 0 Å². The number of rotatable bonds is 5. The molecule has 3 N–H and O–H groups in total. The Morgan fingerprint density at radius 1 is 1.26 bits per heavy atom. The minimum Gasteiger partial charge on any atom is -0.372 e. The summed E-state index contributed by atoms with van der Waals surface area (Å²) in [5, 5.41) is 2.90. The van der Waals surface area contributed by atoms with Crippen LogP contribution in [0.15, 0.2) is 24.3 Å². The van der Waals surface area contributed by atoms with Gasteiger partial charge in [-0.3, -0.25) is 4.79 Å². The Balaban J connectivity index is 2.00. The summed E-state index contributed by atoms with van der Waals surface area (Å²) in [4.78, 5) is 14.3. The molecule has 1 fully saturated rings. The number of hydrogen-bond donors (Lipinski definition) is 2. The largest absolute Gasteiger partial charge is 0.372 e. The van der Waals surface area contributed by atoms with Crippen LogP contribution in [-0.4, -0.2) is 24.5 Å². The lowest BCUT2D eigenvalue weighted by atomic mass is 9.77. The van der Waals surface area contributed by atoms with Crippen molar-refractivity contribution in [3.8, 4) is 0 Å². The highest BCUT2D eigenvalue weighted by molar-refractivity contribution is 5.98. The smallest absolute Gasteiger partial charge is 0.244 e. The zero-order valence-electron chi connectivity index (χ0n) is 11.8. The van der Waals surface area contributed by atoms with Crippen LogP contribution in [0.5, 0.6) is 0 Å². The fraction of sp³-hybridized carbons (Fsp3) is 0.533. The predicted octanol–water partition coefficient (Wildman–Crippen LogP) is 2.35. The van der Waals surface area contributed by atoms with Crippen LogP contribution in [0.4, 0.5) is 11.4 Å². The molecule has 19 heavy (non-hydrogen) atoms. The topological polar surface area (TPSA) is 58.4 Å². The van der Waals surface area contributed by atoms with Gasteiger partial charge in [0.2, 0.25) is 5.91 Å². The molecule has 0 unspecified atom stereocenters. The van der Waals surface area contributed by atoms with E-state index in [0.29, 0.717) is 0 Å². The van der Waals surface area contributed by atoms with E-state index in [2.05, 4.69) is 24.1 Å². The number of carbonyl (C=O) groups is 1. The summed E-state index contributed by atoms with van der Waals surface area (Å²) in [5.41, 5.74) is 7.35. The first-order valence-electron chi connectivity index (χ1n) is 7.04. The van der Waals surface area contributed by atoms with E-state index in [9.17, 15) is 4.79 Å². The first-order valence-corrected chi connectivity index (χ1v) is 7.04. The number of nitrogens with one attached hydrogen (secondary N) is 1. The molecule has 104 valence electrons. The van der Waals surface area contributed by atoms with Gasteiger partial charge in [-0.15, -0.1) is 0 Å². The number of nitrogens with zero attached hydrogens (tertiary/aromatic N) is 1. The van der Waals surface area contributed by atoms with E-state index in [4.69, 9.17) is 5.73 Å². The highest BCUT2D eigenvalue weighted by atomic mass is 16.2. The van der Waals surface area contributed by atoms with Crippen LogP contribution >= 0.6 is 0 Å². The number of carbonyl (C=O) groups excluding carboxylic acids is 1. The summed E-state index contributed by atoms with van der Waals surface area (Å²) in [7, 11) is 0. The van der Waals surface area contributed by atoms with Gasteiger partial charge < -0.3 is 16.0 Å². The maximum absolute atomic E-state index is 12.0. The molecule has 4 heteroatoms. The molecule has 1 aliphatic rings. The van der Waals surface area contributed by atoms with Gasteiger partial charge in [0.25, 0.3) is 0 Å². The van der Waals surface area contributed by atoms with E-state index >= 15 is 0 Å². The minimum atomic E-state index is -0.641. The zero-order chi connectivity index (χ0) is 13.9. The molecular formula is C15H23N3O. The summed E-state index contributed by atoms with van der Waals surface area (Å²) in [6.45, 7) is 6.23. The normalized spacial score (nSPS) is 16.6. The molecule has 0 spiro atoms. The number of amides is 1. The van der Waals surface area contributed by atoms with Crippen molar-refractivity contribution in [3.05, 3.63) is 24.3 Å². The Bertz CT molecular complexity index is 433. The van der Waals surface area contributed by atoms with E-state index in [1.54, 1.807) is 0 Å². The molecule has 0 saturated heterocycles. The Hall–Kier alpha value is -1.55. The van der Waals surface area contributed by atoms with E-state index in [1.165, 1.54) is 5.69 Å². The minimum absolute atomic E-state index is 0.0608. The molecule has 0 bridgehead atoms. The molecular weight excluding hydrogens is 238 g/mol. The third-order valence-electron chi connectivity index (χ3n) is 3.95. The molecule has 1 aliphatic carbocycles. The number of hydrogen-bond acceptors (Lipinski definition) is 3. The SMILES string of the molecule is CCN(CC)c1ccc(NC(=O)C2(N)CCC2)cc1. The van der Waals surface area contributed by atoms with E-state index < -0.39 is 5.54 Å². The fourth-order valence-electron chi connectivity index (χ4n) is 2.38. The molecule has 0 aliphatic heterocycles. The molecule has 1 saturated carbocycles. The second-order valence-electron chi connectivity index (χ2n) is 5.18. The van der Waals surface area contributed by atoms with Crippen molar-refractivity contribution in [2.24, 2.45) is 5.73 Å². The van der Waals surface area contributed by atoms with Crippen molar-refractivity contribution >= 4 is 17.3 Å². The number of nitrogens with two attached hydrogens (primary N) is 1. The van der Waals surface area contributed by atoms with Gasteiger partial charge in [0.05, 0.1) is 5.54 Å². The lowest BCUT2D eigenvalue weighted by molar-refractivity contribution is -0.123. The highest BCUT2D eigenvalue weighted by Gasteiger charge is 2.40. The van der Waals surface area contributed by atoms with Crippen LogP contribution < -0.4 is 16.0 Å². The van der Waals surface area contributed by atoms with E-state index in [1.807, 2.05) is 24.3 Å². The second kappa shape index (κ2) is 5.61. The molecule has 0 radical (unpaired) electrons. The summed E-state index contributed by atoms with van der Waals surface area (Å²) in [6, 6.07) is 7.94. The van der Waals surface area contributed by atoms with Gasteiger partial charge >= 0.3 is 0 Å². The maximum atomic E-state index is 12.0. The zero-order valence-corrected chi connectivity index (χ0v) is 11.8. The van der Waals surface area contributed by atoms with Crippen LogP contribution in [0.1, 0.15) is 33.1 Å². The lowest BCUT2D eigenvalue weighted by Crippen LogP contribution is -2.56. The Morgan fingerprint density at radius 2 is 1.84 bits per heavy atom. The Labute approximate surface area is 115 Å². The number of anilines is 2. The first-order chi connectivity index (χ1) is 9.09. The summed E-state index contributed by atoms with van der Waals surface area (Å²) >= 11 is 0. The lowest BCUT2D eigenvalue weighted by Gasteiger charge is -2.36. The average molecular weight is 261 g/mol. The monoisotopic (exact) mass is 261 g/mol.